The van der Waals surface area contributed by atoms with Crippen LogP contribution in [-0.4, -0.2) is 28.7 Å². The van der Waals surface area contributed by atoms with Crippen LogP contribution in [0.5, 0.6) is 0 Å². The molecule has 6 nitrogen and oxygen atoms in total. The number of nitrogens with two attached hydrogens (primary N) is 1. The lowest BCUT2D eigenvalue weighted by Crippen LogP contribution is -2.30. The van der Waals surface area contributed by atoms with Crippen molar-refractivity contribution < 1.29 is 4.74 Å². The van der Waals surface area contributed by atoms with Gasteiger partial charge in [-0.05, 0) is 32.8 Å². The maximum atomic E-state index is 5.72. The first-order valence-electron chi connectivity index (χ1n) is 6.80. The summed E-state index contributed by atoms with van der Waals surface area (Å²) in [6, 6.07) is 2.31. The summed E-state index contributed by atoms with van der Waals surface area (Å²) in [5, 5.41) is 4.49. The third kappa shape index (κ3) is 2.56. The van der Waals surface area contributed by atoms with Gasteiger partial charge in [0.2, 0.25) is 5.95 Å². The molecule has 0 spiro atoms. The van der Waals surface area contributed by atoms with Crippen LogP contribution in [0.15, 0.2) is 6.07 Å². The van der Waals surface area contributed by atoms with Crippen molar-refractivity contribution in [1.82, 2.24) is 9.97 Å². The molecule has 0 radical (unpaired) electrons. The Morgan fingerprint density at radius 3 is 3.05 bits per heavy atom. The van der Waals surface area contributed by atoms with Crippen LogP contribution in [0.3, 0.4) is 0 Å². The van der Waals surface area contributed by atoms with E-state index >= 15 is 0 Å². The van der Waals surface area contributed by atoms with E-state index in [0.29, 0.717) is 5.95 Å². The number of hydrogen-bond acceptors (Lipinski definition) is 7. The van der Waals surface area contributed by atoms with Gasteiger partial charge in [0.1, 0.15) is 10.6 Å². The van der Waals surface area contributed by atoms with Gasteiger partial charge in [-0.15, -0.1) is 11.3 Å². The van der Waals surface area contributed by atoms with E-state index in [2.05, 4.69) is 40.6 Å². The van der Waals surface area contributed by atoms with Gasteiger partial charge < -0.3 is 10.1 Å². The number of anilines is 2. The number of nitrogens with one attached hydrogen (secondary N) is 2. The van der Waals surface area contributed by atoms with Crippen molar-refractivity contribution in [1.29, 1.82) is 0 Å². The number of aromatic nitrogens is 2. The Labute approximate surface area is 121 Å². The average molecular weight is 293 g/mol. The molecular weight excluding hydrogens is 274 g/mol. The van der Waals surface area contributed by atoms with E-state index in [1.165, 1.54) is 4.88 Å². The molecule has 108 valence electrons. The van der Waals surface area contributed by atoms with Gasteiger partial charge in [-0.1, -0.05) is 0 Å². The molecule has 1 aliphatic heterocycles. The second kappa shape index (κ2) is 5.51. The molecule has 0 aliphatic carbocycles. The highest BCUT2D eigenvalue weighted by Gasteiger charge is 2.23. The molecule has 0 saturated carbocycles. The molecular formula is C13H19N5OS. The predicted molar refractivity (Wildman–Crippen MR) is 82.0 cm³/mol. The Hall–Kier alpha value is -1.44. The quantitative estimate of drug-likeness (QED) is 0.592. The second-order valence-electron chi connectivity index (χ2n) is 5.10. The van der Waals surface area contributed by atoms with Gasteiger partial charge in [0.25, 0.3) is 0 Å². The minimum absolute atomic E-state index is 0.210. The number of aryl methyl sites for hydroxylation is 1. The molecule has 1 saturated heterocycles. The minimum atomic E-state index is 0.210. The van der Waals surface area contributed by atoms with E-state index in [-0.39, 0.29) is 12.1 Å². The fraction of sp³-hybridized carbons (Fsp3) is 0.538. The van der Waals surface area contributed by atoms with E-state index in [9.17, 15) is 0 Å². The molecule has 1 aliphatic rings. The van der Waals surface area contributed by atoms with Crippen LogP contribution in [0.4, 0.5) is 11.8 Å². The third-order valence-electron chi connectivity index (χ3n) is 3.53. The lowest BCUT2D eigenvalue weighted by atomic mass is 10.1. The monoisotopic (exact) mass is 293 g/mol. The SMILES string of the molecule is Cc1cc2c(NC(C)C3CCCO3)nc(NN)nc2s1. The number of ether oxygens (including phenoxy) is 1. The first-order chi connectivity index (χ1) is 9.67. The van der Waals surface area contributed by atoms with Crippen molar-refractivity contribution in [2.75, 3.05) is 17.3 Å². The van der Waals surface area contributed by atoms with Crippen molar-refractivity contribution in [3.8, 4) is 0 Å². The van der Waals surface area contributed by atoms with E-state index in [0.717, 1.165) is 35.5 Å². The summed E-state index contributed by atoms with van der Waals surface area (Å²) in [5.74, 6) is 6.69. The summed E-state index contributed by atoms with van der Waals surface area (Å²) in [5.41, 5.74) is 2.52. The zero-order valence-electron chi connectivity index (χ0n) is 11.6. The second-order valence-corrected chi connectivity index (χ2v) is 6.34. The molecule has 0 aromatic carbocycles. The normalized spacial score (nSPS) is 20.2. The Bertz CT molecular complexity index is 608. The van der Waals surface area contributed by atoms with Crippen molar-refractivity contribution in [2.45, 2.75) is 38.8 Å². The molecule has 3 rings (SSSR count). The molecule has 4 N–H and O–H groups in total. The zero-order valence-corrected chi connectivity index (χ0v) is 12.5. The van der Waals surface area contributed by atoms with Crippen molar-refractivity contribution in [3.63, 3.8) is 0 Å². The number of thiophene rings is 1. The van der Waals surface area contributed by atoms with Crippen LogP contribution in [0.25, 0.3) is 10.2 Å². The van der Waals surface area contributed by atoms with Crippen LogP contribution in [0, 0.1) is 6.92 Å². The van der Waals surface area contributed by atoms with Crippen LogP contribution in [0.1, 0.15) is 24.6 Å². The molecule has 0 bridgehead atoms. The van der Waals surface area contributed by atoms with Crippen molar-refractivity contribution in [3.05, 3.63) is 10.9 Å². The molecule has 20 heavy (non-hydrogen) atoms. The first-order valence-corrected chi connectivity index (χ1v) is 7.62. The number of rotatable bonds is 4. The van der Waals surface area contributed by atoms with Gasteiger partial charge in [-0.25, -0.2) is 10.8 Å². The molecule has 1 fully saturated rings. The van der Waals surface area contributed by atoms with Crippen molar-refractivity contribution in [2.24, 2.45) is 5.84 Å². The van der Waals surface area contributed by atoms with Gasteiger partial charge in [0.15, 0.2) is 0 Å². The molecule has 0 amide bonds. The predicted octanol–water partition coefficient (Wildman–Crippen LogP) is 2.26. The highest BCUT2D eigenvalue weighted by atomic mass is 32.1. The lowest BCUT2D eigenvalue weighted by molar-refractivity contribution is 0.0996. The van der Waals surface area contributed by atoms with E-state index < -0.39 is 0 Å². The fourth-order valence-corrected chi connectivity index (χ4v) is 3.40. The molecule has 2 atom stereocenters. The third-order valence-corrected chi connectivity index (χ3v) is 4.48. The molecule has 2 aromatic heterocycles. The van der Waals surface area contributed by atoms with Crippen LogP contribution >= 0.6 is 11.3 Å². The standard InChI is InChI=1S/C13H19N5OS/c1-7-6-9-11(15-8(2)10-4-3-5-19-10)16-13(18-14)17-12(9)20-7/h6,8,10H,3-5,14H2,1-2H3,(H2,15,16,17,18). The number of fused-ring (bicyclic) bond motifs is 1. The summed E-state index contributed by atoms with van der Waals surface area (Å²) < 4.78 is 5.72. The minimum Gasteiger partial charge on any atom is -0.376 e. The Morgan fingerprint density at radius 2 is 2.35 bits per heavy atom. The Balaban J connectivity index is 1.92. The fourth-order valence-electron chi connectivity index (χ4n) is 2.52. The molecule has 2 aromatic rings. The molecule has 2 unspecified atom stereocenters. The Kier molecular flexibility index (Phi) is 3.73. The maximum Gasteiger partial charge on any atom is 0.240 e. The summed E-state index contributed by atoms with van der Waals surface area (Å²) >= 11 is 1.64. The lowest BCUT2D eigenvalue weighted by Gasteiger charge is -2.21. The zero-order chi connectivity index (χ0) is 14.1. The van der Waals surface area contributed by atoms with Crippen LogP contribution in [-0.2, 0) is 4.74 Å². The summed E-state index contributed by atoms with van der Waals surface area (Å²) in [7, 11) is 0. The smallest absolute Gasteiger partial charge is 0.240 e. The topological polar surface area (TPSA) is 85.1 Å². The van der Waals surface area contributed by atoms with Gasteiger partial charge >= 0.3 is 0 Å². The average Bonchev–Trinajstić information content (AvgIpc) is 3.06. The summed E-state index contributed by atoms with van der Waals surface area (Å²) in [6.07, 6.45) is 2.46. The highest BCUT2D eigenvalue weighted by molar-refractivity contribution is 7.18. The van der Waals surface area contributed by atoms with E-state index in [4.69, 9.17) is 10.6 Å². The highest BCUT2D eigenvalue weighted by Crippen LogP contribution is 2.30. The van der Waals surface area contributed by atoms with Gasteiger partial charge in [-0.3, -0.25) is 5.43 Å². The van der Waals surface area contributed by atoms with Crippen LogP contribution < -0.4 is 16.6 Å². The summed E-state index contributed by atoms with van der Waals surface area (Å²) in [4.78, 5) is 11.0. The number of hydrogen-bond donors (Lipinski definition) is 3. The largest absolute Gasteiger partial charge is 0.376 e. The van der Waals surface area contributed by atoms with Gasteiger partial charge in [-0.2, -0.15) is 4.98 Å². The summed E-state index contributed by atoms with van der Waals surface area (Å²) in [6.45, 7) is 5.04. The van der Waals surface area contributed by atoms with Gasteiger partial charge in [0, 0.05) is 11.5 Å². The number of nitrogens with zero attached hydrogens (tertiary/aromatic N) is 2. The van der Waals surface area contributed by atoms with E-state index in [1.807, 2.05) is 0 Å². The van der Waals surface area contributed by atoms with Crippen LogP contribution in [0.2, 0.25) is 0 Å². The number of nitrogen functional groups attached to an aromatic ring is 1. The first kappa shape index (κ1) is 13.5. The molecule has 3 heterocycles. The molecule has 7 heteroatoms. The van der Waals surface area contributed by atoms with Crippen molar-refractivity contribution >= 4 is 33.3 Å². The van der Waals surface area contributed by atoms with E-state index in [1.54, 1.807) is 11.3 Å². The maximum absolute atomic E-state index is 5.72. The Morgan fingerprint density at radius 1 is 1.50 bits per heavy atom. The van der Waals surface area contributed by atoms with Gasteiger partial charge in [0.05, 0.1) is 17.5 Å². The number of hydrazine groups is 1.